The Morgan fingerprint density at radius 2 is 1.75 bits per heavy atom. The van der Waals surface area contributed by atoms with E-state index in [2.05, 4.69) is 36.3 Å². The molecule has 102 valence electrons. The lowest BCUT2D eigenvalue weighted by molar-refractivity contribution is 0.417. The van der Waals surface area contributed by atoms with Crippen LogP contribution in [0.15, 0.2) is 59.3 Å². The first-order valence-corrected chi connectivity index (χ1v) is 6.88. The Labute approximate surface area is 118 Å². The highest BCUT2D eigenvalue weighted by atomic mass is 16.3. The monoisotopic (exact) mass is 266 g/mol. The predicted octanol–water partition coefficient (Wildman–Crippen LogP) is 4.24. The molecule has 1 aromatic carbocycles. The molecule has 2 atom stereocenters. The molecule has 1 unspecified atom stereocenters. The van der Waals surface area contributed by atoms with Gasteiger partial charge in [-0.1, -0.05) is 18.2 Å². The Morgan fingerprint density at radius 3 is 2.50 bits per heavy atom. The first-order chi connectivity index (χ1) is 9.74. The minimum Gasteiger partial charge on any atom is -0.459 e. The Balaban J connectivity index is 1.77. The van der Waals surface area contributed by atoms with Gasteiger partial charge in [-0.05, 0) is 43.7 Å². The number of hydrogen-bond acceptors (Lipinski definition) is 3. The van der Waals surface area contributed by atoms with Crippen molar-refractivity contribution in [3.05, 3.63) is 66.2 Å². The van der Waals surface area contributed by atoms with Crippen molar-refractivity contribution >= 4 is 11.0 Å². The van der Waals surface area contributed by atoms with Gasteiger partial charge >= 0.3 is 0 Å². The maximum atomic E-state index is 5.89. The molecule has 3 rings (SSSR count). The van der Waals surface area contributed by atoms with Crippen molar-refractivity contribution in [3.63, 3.8) is 0 Å². The second-order valence-corrected chi connectivity index (χ2v) is 5.08. The average molecular weight is 266 g/mol. The van der Waals surface area contributed by atoms with Gasteiger partial charge in [0.2, 0.25) is 0 Å². The van der Waals surface area contributed by atoms with E-state index in [0.29, 0.717) is 0 Å². The fraction of sp³-hybridized carbons (Fsp3) is 0.235. The van der Waals surface area contributed by atoms with Crippen LogP contribution in [0.5, 0.6) is 0 Å². The Bertz CT molecular complexity index is 657. The molecule has 2 heterocycles. The minimum atomic E-state index is 0.158. The molecular weight excluding hydrogens is 248 g/mol. The molecule has 0 bridgehead atoms. The number of pyridine rings is 1. The Hall–Kier alpha value is -2.13. The molecule has 2 aromatic heterocycles. The molecule has 3 nitrogen and oxygen atoms in total. The van der Waals surface area contributed by atoms with Crippen molar-refractivity contribution in [2.75, 3.05) is 0 Å². The van der Waals surface area contributed by atoms with Crippen LogP contribution in [0.25, 0.3) is 11.0 Å². The van der Waals surface area contributed by atoms with Gasteiger partial charge < -0.3 is 9.73 Å². The Morgan fingerprint density at radius 1 is 1.00 bits per heavy atom. The van der Waals surface area contributed by atoms with Crippen LogP contribution in [-0.2, 0) is 0 Å². The first-order valence-electron chi connectivity index (χ1n) is 6.88. The van der Waals surface area contributed by atoms with Crippen molar-refractivity contribution in [2.45, 2.75) is 25.9 Å². The zero-order valence-electron chi connectivity index (χ0n) is 11.7. The fourth-order valence-corrected chi connectivity index (χ4v) is 2.42. The van der Waals surface area contributed by atoms with Gasteiger partial charge in [0.25, 0.3) is 0 Å². The molecule has 3 heteroatoms. The highest BCUT2D eigenvalue weighted by molar-refractivity contribution is 5.77. The van der Waals surface area contributed by atoms with Crippen molar-refractivity contribution < 1.29 is 4.42 Å². The van der Waals surface area contributed by atoms with Gasteiger partial charge in [-0.25, -0.2) is 0 Å². The number of aromatic nitrogens is 1. The fourth-order valence-electron chi connectivity index (χ4n) is 2.42. The summed E-state index contributed by atoms with van der Waals surface area (Å²) >= 11 is 0. The van der Waals surface area contributed by atoms with Crippen molar-refractivity contribution in [3.8, 4) is 0 Å². The quantitative estimate of drug-likeness (QED) is 0.767. The molecule has 0 radical (unpaired) electrons. The lowest BCUT2D eigenvalue weighted by Gasteiger charge is -2.18. The summed E-state index contributed by atoms with van der Waals surface area (Å²) in [4.78, 5) is 4.05. The summed E-state index contributed by atoms with van der Waals surface area (Å²) in [5, 5.41) is 4.70. The molecule has 0 amide bonds. The van der Waals surface area contributed by atoms with E-state index in [1.807, 2.05) is 42.7 Å². The highest BCUT2D eigenvalue weighted by Crippen LogP contribution is 2.25. The number of nitrogens with zero attached hydrogens (tertiary/aromatic N) is 1. The van der Waals surface area contributed by atoms with Crippen LogP contribution in [0, 0.1) is 0 Å². The van der Waals surface area contributed by atoms with E-state index in [1.54, 1.807) is 0 Å². The summed E-state index contributed by atoms with van der Waals surface area (Å²) in [5.74, 6) is 0.965. The minimum absolute atomic E-state index is 0.158. The largest absolute Gasteiger partial charge is 0.459 e. The molecule has 0 aliphatic heterocycles. The predicted molar refractivity (Wildman–Crippen MR) is 80.4 cm³/mol. The van der Waals surface area contributed by atoms with Gasteiger partial charge in [-0.2, -0.15) is 0 Å². The molecular formula is C17H18N2O. The molecule has 0 aliphatic carbocycles. The second kappa shape index (κ2) is 5.47. The van der Waals surface area contributed by atoms with Crippen LogP contribution < -0.4 is 5.32 Å². The highest BCUT2D eigenvalue weighted by Gasteiger charge is 2.14. The van der Waals surface area contributed by atoms with E-state index in [1.165, 1.54) is 5.56 Å². The van der Waals surface area contributed by atoms with Crippen LogP contribution in [-0.4, -0.2) is 4.98 Å². The topological polar surface area (TPSA) is 38.1 Å². The number of hydrogen-bond donors (Lipinski definition) is 1. The third kappa shape index (κ3) is 2.58. The first kappa shape index (κ1) is 12.9. The summed E-state index contributed by atoms with van der Waals surface area (Å²) in [6.45, 7) is 4.27. The normalized spacial score (nSPS) is 14.3. The molecule has 0 saturated carbocycles. The van der Waals surface area contributed by atoms with E-state index in [0.717, 1.165) is 16.7 Å². The molecule has 0 fully saturated rings. The molecule has 0 spiro atoms. The maximum Gasteiger partial charge on any atom is 0.134 e. The van der Waals surface area contributed by atoms with E-state index in [4.69, 9.17) is 4.42 Å². The SMILES string of the molecule is CC(N[C@H](C)c1ccncc1)c1cc2ccccc2o1. The van der Waals surface area contributed by atoms with Crippen LogP contribution in [0.2, 0.25) is 0 Å². The van der Waals surface area contributed by atoms with Gasteiger partial charge in [0.15, 0.2) is 0 Å². The molecule has 3 aromatic rings. The molecule has 1 N–H and O–H groups in total. The lowest BCUT2D eigenvalue weighted by Crippen LogP contribution is -2.22. The van der Waals surface area contributed by atoms with Gasteiger partial charge in [0.1, 0.15) is 11.3 Å². The number of rotatable bonds is 4. The summed E-state index contributed by atoms with van der Waals surface area (Å²) in [7, 11) is 0. The summed E-state index contributed by atoms with van der Waals surface area (Å²) < 4.78 is 5.89. The number of furan rings is 1. The summed E-state index contributed by atoms with van der Waals surface area (Å²) in [5.41, 5.74) is 2.16. The Kier molecular flexibility index (Phi) is 3.52. The maximum absolute atomic E-state index is 5.89. The number of para-hydroxylation sites is 1. The van der Waals surface area contributed by atoms with Crippen LogP contribution >= 0.6 is 0 Å². The third-order valence-corrected chi connectivity index (χ3v) is 3.58. The van der Waals surface area contributed by atoms with E-state index >= 15 is 0 Å². The van der Waals surface area contributed by atoms with Gasteiger partial charge in [0, 0.05) is 23.8 Å². The lowest BCUT2D eigenvalue weighted by atomic mass is 10.1. The number of benzene rings is 1. The van der Waals surface area contributed by atoms with Crippen molar-refractivity contribution in [2.24, 2.45) is 0 Å². The second-order valence-electron chi connectivity index (χ2n) is 5.08. The zero-order chi connectivity index (χ0) is 13.9. The van der Waals surface area contributed by atoms with E-state index in [-0.39, 0.29) is 12.1 Å². The summed E-state index contributed by atoms with van der Waals surface area (Å²) in [6.07, 6.45) is 3.64. The molecule has 0 aliphatic rings. The summed E-state index contributed by atoms with van der Waals surface area (Å²) in [6, 6.07) is 14.7. The standard InChI is InChI=1S/C17H18N2O/c1-12(14-7-9-18-10-8-14)19-13(2)17-11-15-5-3-4-6-16(15)20-17/h3-13,19H,1-2H3/t12-,13?/m1/s1. The van der Waals surface area contributed by atoms with Gasteiger partial charge in [0.05, 0.1) is 6.04 Å². The zero-order valence-corrected chi connectivity index (χ0v) is 11.7. The smallest absolute Gasteiger partial charge is 0.134 e. The average Bonchev–Trinajstić information content (AvgIpc) is 2.92. The molecule has 0 saturated heterocycles. The van der Waals surface area contributed by atoms with Gasteiger partial charge in [-0.3, -0.25) is 4.98 Å². The molecule has 20 heavy (non-hydrogen) atoms. The van der Waals surface area contributed by atoms with E-state index in [9.17, 15) is 0 Å². The van der Waals surface area contributed by atoms with E-state index < -0.39 is 0 Å². The number of fused-ring (bicyclic) bond motifs is 1. The van der Waals surface area contributed by atoms with Crippen molar-refractivity contribution in [1.82, 2.24) is 10.3 Å². The van der Waals surface area contributed by atoms with Crippen molar-refractivity contribution in [1.29, 1.82) is 0 Å². The van der Waals surface area contributed by atoms with Crippen LogP contribution in [0.3, 0.4) is 0 Å². The van der Waals surface area contributed by atoms with Crippen LogP contribution in [0.1, 0.15) is 37.3 Å². The number of nitrogens with one attached hydrogen (secondary N) is 1. The van der Waals surface area contributed by atoms with Gasteiger partial charge in [-0.15, -0.1) is 0 Å². The van der Waals surface area contributed by atoms with Crippen LogP contribution in [0.4, 0.5) is 0 Å². The third-order valence-electron chi connectivity index (χ3n) is 3.58.